The summed E-state index contributed by atoms with van der Waals surface area (Å²) in [6, 6.07) is 10.7. The van der Waals surface area contributed by atoms with Crippen molar-refractivity contribution < 1.29 is 9.90 Å². The van der Waals surface area contributed by atoms with Crippen LogP contribution >= 0.6 is 11.3 Å². The summed E-state index contributed by atoms with van der Waals surface area (Å²) in [6.45, 7) is 4.74. The van der Waals surface area contributed by atoms with Gasteiger partial charge in [-0.2, -0.15) is 0 Å². The lowest BCUT2D eigenvalue weighted by Crippen LogP contribution is -2.52. The van der Waals surface area contributed by atoms with Gasteiger partial charge in [0, 0.05) is 48.5 Å². The normalized spacial score (nSPS) is 20.9. The molecule has 32 heavy (non-hydrogen) atoms. The number of aliphatic hydroxyl groups excluding tert-OH is 1. The third-order valence-corrected chi connectivity index (χ3v) is 7.65. The molecule has 8 heteroatoms. The molecule has 5 N–H and O–H groups in total. The third-order valence-electron chi connectivity index (χ3n) is 6.53. The zero-order valence-electron chi connectivity index (χ0n) is 18.2. The molecule has 1 aromatic carbocycles. The Balaban J connectivity index is 1.28. The van der Waals surface area contributed by atoms with E-state index in [4.69, 9.17) is 5.73 Å². The molecule has 168 valence electrons. The molecule has 7 nitrogen and oxygen atoms in total. The lowest BCUT2D eigenvalue weighted by atomic mass is 9.87. The molecule has 1 aliphatic heterocycles. The lowest BCUT2D eigenvalue weighted by Gasteiger charge is -2.35. The van der Waals surface area contributed by atoms with Crippen LogP contribution in [0, 0.1) is 6.92 Å². The summed E-state index contributed by atoms with van der Waals surface area (Å²) in [6.07, 6.45) is 2.67. The average molecular weight is 452 g/mol. The Morgan fingerprint density at radius 1 is 1.34 bits per heavy atom. The maximum absolute atomic E-state index is 13.0. The van der Waals surface area contributed by atoms with Crippen LogP contribution in [0.3, 0.4) is 0 Å². The number of hydrogen-bond acceptors (Lipinski definition) is 7. The molecule has 1 amide bonds. The smallest absolute Gasteiger partial charge is 0.263 e. The first-order valence-corrected chi connectivity index (χ1v) is 12.0. The van der Waals surface area contributed by atoms with Crippen LogP contribution in [-0.2, 0) is 12.8 Å². The van der Waals surface area contributed by atoms with Gasteiger partial charge in [-0.05, 0) is 61.6 Å². The Kier molecular flexibility index (Phi) is 5.75. The number of nitrogens with two attached hydrogens (primary N) is 1. The molecule has 0 radical (unpaired) electrons. The molecule has 0 spiro atoms. The van der Waals surface area contributed by atoms with Crippen molar-refractivity contribution in [1.29, 1.82) is 0 Å². The van der Waals surface area contributed by atoms with E-state index in [9.17, 15) is 9.90 Å². The molecule has 0 saturated carbocycles. The number of nitrogens with one attached hydrogen (secondary N) is 2. The number of carbonyl (C=O) groups is 1. The number of rotatable bonds is 4. The second-order valence-corrected chi connectivity index (χ2v) is 9.80. The van der Waals surface area contributed by atoms with Crippen molar-refractivity contribution in [1.82, 2.24) is 15.6 Å². The summed E-state index contributed by atoms with van der Waals surface area (Å²) in [7, 11) is 0. The molecule has 1 saturated heterocycles. The van der Waals surface area contributed by atoms with Crippen molar-refractivity contribution in [2.24, 2.45) is 0 Å². The monoisotopic (exact) mass is 451 g/mol. The summed E-state index contributed by atoms with van der Waals surface area (Å²) >= 11 is 1.36. The summed E-state index contributed by atoms with van der Waals surface area (Å²) in [5.74, 6) is -0.107. The summed E-state index contributed by atoms with van der Waals surface area (Å²) in [5, 5.41) is 16.9. The average Bonchev–Trinajstić information content (AvgIpc) is 3.14. The zero-order valence-corrected chi connectivity index (χ0v) is 19.0. The molecule has 1 fully saturated rings. The van der Waals surface area contributed by atoms with E-state index in [-0.39, 0.29) is 24.6 Å². The highest BCUT2D eigenvalue weighted by Crippen LogP contribution is 2.33. The number of piperazine rings is 1. The second kappa shape index (κ2) is 8.69. The van der Waals surface area contributed by atoms with Crippen molar-refractivity contribution in [3.8, 4) is 0 Å². The first kappa shape index (κ1) is 21.2. The number of fused-ring (bicyclic) bond motifs is 2. The predicted octanol–water partition coefficient (Wildman–Crippen LogP) is 2.24. The highest BCUT2D eigenvalue weighted by Gasteiger charge is 2.25. The van der Waals surface area contributed by atoms with Crippen LogP contribution in [0.4, 0.5) is 11.4 Å². The van der Waals surface area contributed by atoms with Crippen molar-refractivity contribution in [3.05, 3.63) is 52.0 Å². The van der Waals surface area contributed by atoms with Crippen LogP contribution in [0.15, 0.2) is 30.3 Å². The Morgan fingerprint density at radius 3 is 3.06 bits per heavy atom. The molecule has 0 unspecified atom stereocenters. The number of benzene rings is 1. The first-order chi connectivity index (χ1) is 15.5. The Hall–Kier alpha value is -2.68. The van der Waals surface area contributed by atoms with Gasteiger partial charge in [-0.3, -0.25) is 4.79 Å². The van der Waals surface area contributed by atoms with E-state index in [2.05, 4.69) is 38.7 Å². The van der Waals surface area contributed by atoms with Gasteiger partial charge < -0.3 is 26.4 Å². The van der Waals surface area contributed by atoms with E-state index < -0.39 is 0 Å². The van der Waals surface area contributed by atoms with Crippen LogP contribution in [0.5, 0.6) is 0 Å². The van der Waals surface area contributed by atoms with Crippen LogP contribution in [0.1, 0.15) is 32.9 Å². The van der Waals surface area contributed by atoms with E-state index in [1.54, 1.807) is 0 Å². The molecular formula is C24H29N5O2S. The minimum Gasteiger partial charge on any atom is -0.397 e. The quantitative estimate of drug-likeness (QED) is 0.485. The molecule has 3 aromatic rings. The lowest BCUT2D eigenvalue weighted by molar-refractivity contribution is 0.0938. The van der Waals surface area contributed by atoms with Gasteiger partial charge >= 0.3 is 0 Å². The van der Waals surface area contributed by atoms with Crippen LogP contribution in [0.25, 0.3) is 10.2 Å². The second-order valence-electron chi connectivity index (χ2n) is 8.80. The van der Waals surface area contributed by atoms with Crippen molar-refractivity contribution in [2.75, 3.05) is 36.9 Å². The number of thiophene rings is 1. The molecule has 0 bridgehead atoms. The topological polar surface area (TPSA) is 104 Å². The Bertz CT molecular complexity index is 1160. The van der Waals surface area contributed by atoms with E-state index >= 15 is 0 Å². The number of nitrogens with zero attached hydrogens (tertiary/aromatic N) is 2. The Labute approximate surface area is 191 Å². The molecule has 2 atom stereocenters. The number of aliphatic hydroxyl groups is 1. The van der Waals surface area contributed by atoms with Gasteiger partial charge in [-0.25, -0.2) is 4.98 Å². The van der Waals surface area contributed by atoms with Crippen LogP contribution in [0.2, 0.25) is 0 Å². The maximum atomic E-state index is 13.0. The van der Waals surface area contributed by atoms with Crippen molar-refractivity contribution in [3.63, 3.8) is 0 Å². The number of amides is 1. The third kappa shape index (κ3) is 4.05. The highest BCUT2D eigenvalue weighted by molar-refractivity contribution is 7.21. The molecule has 3 heterocycles. The van der Waals surface area contributed by atoms with Gasteiger partial charge in [0.1, 0.15) is 9.71 Å². The molecular weight excluding hydrogens is 422 g/mol. The fourth-order valence-corrected chi connectivity index (χ4v) is 5.80. The van der Waals surface area contributed by atoms with E-state index in [0.717, 1.165) is 54.8 Å². The summed E-state index contributed by atoms with van der Waals surface area (Å²) in [4.78, 5) is 21.2. The Morgan fingerprint density at radius 2 is 2.22 bits per heavy atom. The van der Waals surface area contributed by atoms with E-state index in [0.29, 0.717) is 10.6 Å². The highest BCUT2D eigenvalue weighted by atomic mass is 32.1. The SMILES string of the molecule is Cc1ccc2c(N)c(C(=O)N[C@@H]3CCc4cc(N5CCN[C@@H](CO)C5)ccc4C3)sc2n1. The van der Waals surface area contributed by atoms with E-state index in [1.807, 2.05) is 19.1 Å². The van der Waals surface area contributed by atoms with Gasteiger partial charge in [-0.1, -0.05) is 6.07 Å². The molecule has 2 aromatic heterocycles. The number of anilines is 2. The van der Waals surface area contributed by atoms with Crippen LogP contribution < -0.4 is 21.3 Å². The number of aromatic nitrogens is 1. The minimum atomic E-state index is -0.107. The number of aryl methyl sites for hydroxylation is 2. The van der Waals surface area contributed by atoms with E-state index in [1.165, 1.54) is 28.2 Å². The molecule has 1 aliphatic carbocycles. The number of carbonyl (C=O) groups excluding carboxylic acids is 1. The standard InChI is InChI=1S/C24H29N5O2S/c1-14-2-7-20-21(25)22(32-24(20)27-14)23(31)28-17-5-3-16-11-19(6-4-15(16)10-17)29-9-8-26-18(12-29)13-30/h2,4,6-7,11,17-18,26,30H,3,5,8-10,12-13,25H2,1H3,(H,28,31)/t17-,18-/m1/s1. The first-order valence-electron chi connectivity index (χ1n) is 11.2. The maximum Gasteiger partial charge on any atom is 0.263 e. The number of pyridine rings is 1. The van der Waals surface area contributed by atoms with Gasteiger partial charge in [0.05, 0.1) is 12.3 Å². The van der Waals surface area contributed by atoms with Gasteiger partial charge in [-0.15, -0.1) is 11.3 Å². The fraction of sp³-hybridized carbons (Fsp3) is 0.417. The minimum absolute atomic E-state index is 0.0955. The van der Waals surface area contributed by atoms with Gasteiger partial charge in [0.2, 0.25) is 0 Å². The fourth-order valence-electron chi connectivity index (χ4n) is 4.75. The summed E-state index contributed by atoms with van der Waals surface area (Å²) < 4.78 is 0. The van der Waals surface area contributed by atoms with Gasteiger partial charge in [0.15, 0.2) is 0 Å². The predicted molar refractivity (Wildman–Crippen MR) is 130 cm³/mol. The largest absolute Gasteiger partial charge is 0.397 e. The van der Waals surface area contributed by atoms with Crippen LogP contribution in [-0.4, -0.2) is 54.3 Å². The summed E-state index contributed by atoms with van der Waals surface area (Å²) in [5.41, 5.74) is 11.6. The van der Waals surface area contributed by atoms with Crippen molar-refractivity contribution in [2.45, 2.75) is 38.3 Å². The zero-order chi connectivity index (χ0) is 22.2. The number of nitrogen functional groups attached to an aromatic ring is 1. The molecule has 2 aliphatic rings. The van der Waals surface area contributed by atoms with Crippen molar-refractivity contribution >= 4 is 38.8 Å². The molecule has 5 rings (SSSR count). The van der Waals surface area contributed by atoms with Gasteiger partial charge in [0.25, 0.3) is 5.91 Å². The number of hydrogen-bond donors (Lipinski definition) is 4.